The molecule has 2 aromatic carbocycles. The number of rotatable bonds is 5. The van der Waals surface area contributed by atoms with E-state index in [2.05, 4.69) is 38.8 Å². The number of anilines is 2. The third kappa shape index (κ3) is 3.73. The molecule has 3 aromatic heterocycles. The van der Waals surface area contributed by atoms with E-state index in [-0.39, 0.29) is 5.91 Å². The van der Waals surface area contributed by atoms with E-state index >= 15 is 0 Å². The topological polar surface area (TPSA) is 92.7 Å². The lowest BCUT2D eigenvalue weighted by atomic mass is 10.0. The third-order valence-corrected chi connectivity index (χ3v) is 5.80. The highest BCUT2D eigenvalue weighted by Crippen LogP contribution is 2.34. The molecule has 0 saturated heterocycles. The third-order valence-electron chi connectivity index (χ3n) is 5.80. The van der Waals surface area contributed by atoms with Crippen LogP contribution in [0.4, 0.5) is 11.6 Å². The monoisotopic (exact) mass is 444 g/mol. The summed E-state index contributed by atoms with van der Waals surface area (Å²) in [7, 11) is 0. The Hall–Kier alpha value is -4.65. The zero-order valence-corrected chi connectivity index (χ0v) is 18.2. The van der Waals surface area contributed by atoms with Crippen LogP contribution in [0.25, 0.3) is 33.4 Å². The van der Waals surface area contributed by atoms with E-state index in [0.29, 0.717) is 24.6 Å². The summed E-state index contributed by atoms with van der Waals surface area (Å²) in [4.78, 5) is 30.4. The van der Waals surface area contributed by atoms with Crippen LogP contribution < -0.4 is 10.6 Å². The molecule has 0 radical (unpaired) electrons. The molecule has 0 aliphatic carbocycles. The first-order valence-corrected chi connectivity index (χ1v) is 11.0. The van der Waals surface area contributed by atoms with Crippen LogP contribution in [0.2, 0.25) is 0 Å². The summed E-state index contributed by atoms with van der Waals surface area (Å²) in [5.41, 5.74) is 5.50. The van der Waals surface area contributed by atoms with Gasteiger partial charge in [-0.1, -0.05) is 48.5 Å². The maximum Gasteiger partial charge on any atom is 0.230 e. The van der Waals surface area contributed by atoms with E-state index in [4.69, 9.17) is 9.97 Å². The van der Waals surface area contributed by atoms with Crippen molar-refractivity contribution in [2.45, 2.75) is 13.0 Å². The molecular weight excluding hydrogens is 424 g/mol. The molecule has 5 aromatic rings. The van der Waals surface area contributed by atoms with E-state index < -0.39 is 0 Å². The fraction of sp³-hybridized carbons (Fsp3) is 0.0741. The SMILES string of the molecule is O=C1Cc2cc(-c3nc(NCc4ccccn4)c4c(-c5ccccc5)cccc4n3)cnc2N1. The van der Waals surface area contributed by atoms with Crippen molar-refractivity contribution in [3.63, 3.8) is 0 Å². The number of hydrogen-bond donors (Lipinski definition) is 2. The maximum absolute atomic E-state index is 11.8. The van der Waals surface area contributed by atoms with Crippen LogP contribution in [-0.4, -0.2) is 25.8 Å². The number of benzene rings is 2. The molecule has 34 heavy (non-hydrogen) atoms. The van der Waals surface area contributed by atoms with Gasteiger partial charge in [-0.15, -0.1) is 0 Å². The molecule has 0 spiro atoms. The summed E-state index contributed by atoms with van der Waals surface area (Å²) in [5, 5.41) is 7.20. The minimum atomic E-state index is -0.0516. The predicted molar refractivity (Wildman–Crippen MR) is 132 cm³/mol. The Morgan fingerprint density at radius 2 is 1.76 bits per heavy atom. The van der Waals surface area contributed by atoms with Crippen LogP contribution in [0.1, 0.15) is 11.3 Å². The lowest BCUT2D eigenvalue weighted by molar-refractivity contribution is -0.115. The molecule has 7 heteroatoms. The van der Waals surface area contributed by atoms with Crippen molar-refractivity contribution in [2.75, 3.05) is 10.6 Å². The van der Waals surface area contributed by atoms with Gasteiger partial charge >= 0.3 is 0 Å². The number of carbonyl (C=O) groups is 1. The Kier molecular flexibility index (Phi) is 4.92. The lowest BCUT2D eigenvalue weighted by Gasteiger charge is -2.14. The summed E-state index contributed by atoms with van der Waals surface area (Å²) in [5.74, 6) is 1.83. The number of amides is 1. The van der Waals surface area contributed by atoms with E-state index in [0.717, 1.165) is 44.7 Å². The molecule has 6 rings (SSSR count). The molecule has 0 unspecified atom stereocenters. The number of aromatic nitrogens is 4. The van der Waals surface area contributed by atoms with Crippen molar-refractivity contribution in [3.8, 4) is 22.5 Å². The second-order valence-corrected chi connectivity index (χ2v) is 8.09. The number of hydrogen-bond acceptors (Lipinski definition) is 6. The van der Waals surface area contributed by atoms with Crippen molar-refractivity contribution in [2.24, 2.45) is 0 Å². The van der Waals surface area contributed by atoms with Crippen LogP contribution in [0.15, 0.2) is 85.2 Å². The smallest absolute Gasteiger partial charge is 0.230 e. The molecule has 164 valence electrons. The van der Waals surface area contributed by atoms with Gasteiger partial charge in [-0.2, -0.15) is 0 Å². The Labute approximate surface area is 196 Å². The van der Waals surface area contributed by atoms with E-state index in [1.165, 1.54) is 0 Å². The molecule has 0 bridgehead atoms. The molecule has 0 saturated carbocycles. The maximum atomic E-state index is 11.8. The molecular formula is C27H20N6O. The van der Waals surface area contributed by atoms with Gasteiger partial charge in [-0.3, -0.25) is 9.78 Å². The number of nitrogens with zero attached hydrogens (tertiary/aromatic N) is 4. The van der Waals surface area contributed by atoms with Crippen molar-refractivity contribution < 1.29 is 4.79 Å². The van der Waals surface area contributed by atoms with Gasteiger partial charge in [0, 0.05) is 23.5 Å². The van der Waals surface area contributed by atoms with Gasteiger partial charge in [0.05, 0.1) is 29.6 Å². The largest absolute Gasteiger partial charge is 0.364 e. The first kappa shape index (κ1) is 20.0. The number of carbonyl (C=O) groups excluding carboxylic acids is 1. The van der Waals surface area contributed by atoms with Gasteiger partial charge in [0.25, 0.3) is 0 Å². The molecule has 1 aliphatic rings. The second kappa shape index (κ2) is 8.37. The van der Waals surface area contributed by atoms with Crippen LogP contribution >= 0.6 is 0 Å². The van der Waals surface area contributed by atoms with Crippen LogP contribution in [-0.2, 0) is 17.8 Å². The lowest BCUT2D eigenvalue weighted by Crippen LogP contribution is -2.06. The fourth-order valence-electron chi connectivity index (χ4n) is 4.20. The van der Waals surface area contributed by atoms with Gasteiger partial charge in [0.15, 0.2) is 5.82 Å². The highest BCUT2D eigenvalue weighted by Gasteiger charge is 2.21. The second-order valence-electron chi connectivity index (χ2n) is 8.09. The number of fused-ring (bicyclic) bond motifs is 2. The van der Waals surface area contributed by atoms with Crippen molar-refractivity contribution in [1.82, 2.24) is 19.9 Å². The molecule has 4 heterocycles. The number of nitrogens with one attached hydrogen (secondary N) is 2. The Balaban J connectivity index is 1.50. The zero-order valence-electron chi connectivity index (χ0n) is 18.2. The average Bonchev–Trinajstić information content (AvgIpc) is 3.27. The number of pyridine rings is 2. The molecule has 1 aliphatic heterocycles. The van der Waals surface area contributed by atoms with Crippen LogP contribution in [0.3, 0.4) is 0 Å². The van der Waals surface area contributed by atoms with Gasteiger partial charge in [0.1, 0.15) is 11.6 Å². The summed E-state index contributed by atoms with van der Waals surface area (Å²) in [6.07, 6.45) is 3.79. The minimum absolute atomic E-state index is 0.0516. The molecule has 1 amide bonds. The first-order valence-electron chi connectivity index (χ1n) is 11.0. The predicted octanol–water partition coefficient (Wildman–Crippen LogP) is 4.86. The Morgan fingerprint density at radius 3 is 2.62 bits per heavy atom. The summed E-state index contributed by atoms with van der Waals surface area (Å²) >= 11 is 0. The standard InChI is InChI=1S/C27H20N6O/c34-23-14-18-13-19(15-29-25(18)32-23)26-31-22-11-6-10-21(17-7-2-1-3-8-17)24(22)27(33-26)30-16-20-9-4-5-12-28-20/h1-13,15H,14,16H2,(H,29,32,34)(H,30,31,33). The van der Waals surface area contributed by atoms with Gasteiger partial charge in [-0.05, 0) is 35.4 Å². The summed E-state index contributed by atoms with van der Waals surface area (Å²) < 4.78 is 0. The van der Waals surface area contributed by atoms with Crippen molar-refractivity contribution >= 4 is 28.4 Å². The molecule has 0 atom stereocenters. The molecule has 7 nitrogen and oxygen atoms in total. The van der Waals surface area contributed by atoms with E-state index in [9.17, 15) is 4.79 Å². The Morgan fingerprint density at radius 1 is 0.882 bits per heavy atom. The van der Waals surface area contributed by atoms with Gasteiger partial charge in [0.2, 0.25) is 5.91 Å². The molecule has 2 N–H and O–H groups in total. The highest BCUT2D eigenvalue weighted by atomic mass is 16.1. The highest BCUT2D eigenvalue weighted by molar-refractivity contribution is 6.03. The summed E-state index contributed by atoms with van der Waals surface area (Å²) in [6.45, 7) is 0.524. The van der Waals surface area contributed by atoms with Crippen molar-refractivity contribution in [1.29, 1.82) is 0 Å². The van der Waals surface area contributed by atoms with Gasteiger partial charge in [-0.25, -0.2) is 15.0 Å². The molecule has 0 fully saturated rings. The Bertz CT molecular complexity index is 1520. The van der Waals surface area contributed by atoms with Crippen LogP contribution in [0, 0.1) is 0 Å². The van der Waals surface area contributed by atoms with E-state index in [1.807, 2.05) is 54.6 Å². The summed E-state index contributed by atoms with van der Waals surface area (Å²) in [6, 6.07) is 24.1. The van der Waals surface area contributed by atoms with Crippen molar-refractivity contribution in [3.05, 3.63) is 96.4 Å². The quantitative estimate of drug-likeness (QED) is 0.402. The average molecular weight is 444 g/mol. The normalized spacial score (nSPS) is 12.4. The van der Waals surface area contributed by atoms with Crippen LogP contribution in [0.5, 0.6) is 0 Å². The zero-order chi connectivity index (χ0) is 22.9. The van der Waals surface area contributed by atoms with Gasteiger partial charge < -0.3 is 10.6 Å². The van der Waals surface area contributed by atoms with E-state index in [1.54, 1.807) is 12.4 Å². The first-order chi connectivity index (χ1) is 16.7. The fourth-order valence-corrected chi connectivity index (χ4v) is 4.20. The minimum Gasteiger partial charge on any atom is -0.364 e.